The lowest BCUT2D eigenvalue weighted by molar-refractivity contribution is 0.242. The standard InChI is InChI=1S/C17H25NO/c1-14(2)19-17-10-6-9-16(11-17)13-18-12-15-7-4-3-5-8-15/h3-4,6,9-11,14-15,18H,5,7-8,12-13H2,1-2H3. The summed E-state index contributed by atoms with van der Waals surface area (Å²) in [5.41, 5.74) is 1.30. The molecule has 0 saturated carbocycles. The average Bonchev–Trinajstić information content (AvgIpc) is 2.40. The second kappa shape index (κ2) is 7.34. The van der Waals surface area contributed by atoms with Gasteiger partial charge in [-0.1, -0.05) is 24.3 Å². The van der Waals surface area contributed by atoms with Crippen LogP contribution in [0.2, 0.25) is 0 Å². The van der Waals surface area contributed by atoms with E-state index >= 15 is 0 Å². The lowest BCUT2D eigenvalue weighted by Crippen LogP contribution is -2.23. The number of hydrogen-bond donors (Lipinski definition) is 1. The molecule has 1 atom stereocenters. The van der Waals surface area contributed by atoms with Gasteiger partial charge in [0.15, 0.2) is 0 Å². The minimum atomic E-state index is 0.234. The third-order valence-electron chi connectivity index (χ3n) is 3.41. The van der Waals surface area contributed by atoms with Crippen molar-refractivity contribution in [3.8, 4) is 5.75 Å². The number of hydrogen-bond acceptors (Lipinski definition) is 2. The SMILES string of the molecule is CC(C)Oc1cccc(CNCC2CC=CCC2)c1. The molecule has 0 heterocycles. The van der Waals surface area contributed by atoms with Gasteiger partial charge in [0.05, 0.1) is 6.10 Å². The highest BCUT2D eigenvalue weighted by molar-refractivity contribution is 5.28. The van der Waals surface area contributed by atoms with Crippen LogP contribution in [0.3, 0.4) is 0 Å². The number of allylic oxidation sites excluding steroid dienone is 2. The van der Waals surface area contributed by atoms with Gasteiger partial charge >= 0.3 is 0 Å². The second-order valence-corrected chi connectivity index (χ2v) is 5.60. The van der Waals surface area contributed by atoms with Crippen molar-refractivity contribution < 1.29 is 4.74 Å². The van der Waals surface area contributed by atoms with Crippen molar-refractivity contribution >= 4 is 0 Å². The maximum Gasteiger partial charge on any atom is 0.120 e. The molecule has 1 aliphatic rings. The lowest BCUT2D eigenvalue weighted by atomic mass is 9.94. The van der Waals surface area contributed by atoms with Gasteiger partial charge in [-0.05, 0) is 63.3 Å². The number of ether oxygens (including phenoxy) is 1. The smallest absolute Gasteiger partial charge is 0.120 e. The Balaban J connectivity index is 1.77. The molecule has 0 fully saturated rings. The van der Waals surface area contributed by atoms with Gasteiger partial charge in [-0.15, -0.1) is 0 Å². The zero-order chi connectivity index (χ0) is 13.5. The topological polar surface area (TPSA) is 21.3 Å². The predicted molar refractivity (Wildman–Crippen MR) is 80.4 cm³/mol. The van der Waals surface area contributed by atoms with E-state index in [0.29, 0.717) is 0 Å². The Hall–Kier alpha value is -1.28. The molecule has 104 valence electrons. The Morgan fingerprint density at radius 2 is 2.21 bits per heavy atom. The molecule has 0 saturated heterocycles. The summed E-state index contributed by atoms with van der Waals surface area (Å²) in [6.45, 7) is 6.15. The van der Waals surface area contributed by atoms with Crippen LogP contribution in [0.15, 0.2) is 36.4 Å². The minimum absolute atomic E-state index is 0.234. The zero-order valence-electron chi connectivity index (χ0n) is 12.1. The van der Waals surface area contributed by atoms with Crippen LogP contribution in [0.25, 0.3) is 0 Å². The number of benzene rings is 1. The van der Waals surface area contributed by atoms with Crippen molar-refractivity contribution in [2.75, 3.05) is 6.54 Å². The Kier molecular flexibility index (Phi) is 5.46. The highest BCUT2D eigenvalue weighted by Gasteiger charge is 2.09. The molecule has 1 N–H and O–H groups in total. The molecule has 1 aromatic carbocycles. The predicted octanol–water partition coefficient (Wildman–Crippen LogP) is 3.92. The first-order chi connectivity index (χ1) is 9.24. The summed E-state index contributed by atoms with van der Waals surface area (Å²) in [7, 11) is 0. The molecule has 0 aliphatic heterocycles. The van der Waals surface area contributed by atoms with Gasteiger partial charge < -0.3 is 10.1 Å². The highest BCUT2D eigenvalue weighted by atomic mass is 16.5. The first kappa shape index (κ1) is 14.1. The molecule has 1 unspecified atom stereocenters. The number of nitrogens with one attached hydrogen (secondary N) is 1. The third kappa shape index (κ3) is 5.07. The van der Waals surface area contributed by atoms with Gasteiger partial charge in [0.2, 0.25) is 0 Å². The second-order valence-electron chi connectivity index (χ2n) is 5.60. The van der Waals surface area contributed by atoms with E-state index in [0.717, 1.165) is 24.8 Å². The van der Waals surface area contributed by atoms with E-state index in [1.165, 1.54) is 24.8 Å². The molecule has 19 heavy (non-hydrogen) atoms. The van der Waals surface area contributed by atoms with E-state index in [4.69, 9.17) is 4.74 Å². The quantitative estimate of drug-likeness (QED) is 0.782. The average molecular weight is 259 g/mol. The van der Waals surface area contributed by atoms with E-state index in [2.05, 4.69) is 49.5 Å². The summed E-state index contributed by atoms with van der Waals surface area (Å²) in [4.78, 5) is 0. The Morgan fingerprint density at radius 3 is 2.95 bits per heavy atom. The van der Waals surface area contributed by atoms with E-state index < -0.39 is 0 Å². The fourth-order valence-corrected chi connectivity index (χ4v) is 2.46. The Labute approximate surface area is 116 Å². The summed E-state index contributed by atoms with van der Waals surface area (Å²) in [6.07, 6.45) is 8.63. The molecule has 0 amide bonds. The third-order valence-corrected chi connectivity index (χ3v) is 3.41. The van der Waals surface area contributed by atoms with Crippen molar-refractivity contribution in [1.29, 1.82) is 0 Å². The molecule has 0 spiro atoms. The van der Waals surface area contributed by atoms with Crippen molar-refractivity contribution in [2.45, 2.75) is 45.8 Å². The Morgan fingerprint density at radius 1 is 1.32 bits per heavy atom. The maximum atomic E-state index is 5.71. The van der Waals surface area contributed by atoms with Crippen LogP contribution in [-0.4, -0.2) is 12.6 Å². The maximum absolute atomic E-state index is 5.71. The fraction of sp³-hybridized carbons (Fsp3) is 0.529. The van der Waals surface area contributed by atoms with Crippen LogP contribution in [0.1, 0.15) is 38.7 Å². The van der Waals surface area contributed by atoms with Gasteiger partial charge in [0.1, 0.15) is 5.75 Å². The Bertz CT molecular complexity index is 411. The first-order valence-corrected chi connectivity index (χ1v) is 7.35. The van der Waals surface area contributed by atoms with Crippen molar-refractivity contribution in [2.24, 2.45) is 5.92 Å². The monoisotopic (exact) mass is 259 g/mol. The van der Waals surface area contributed by atoms with Gasteiger partial charge in [0, 0.05) is 6.54 Å². The largest absolute Gasteiger partial charge is 0.491 e. The van der Waals surface area contributed by atoms with Gasteiger partial charge in [-0.3, -0.25) is 0 Å². The highest BCUT2D eigenvalue weighted by Crippen LogP contribution is 2.18. The van der Waals surface area contributed by atoms with Crippen molar-refractivity contribution in [3.05, 3.63) is 42.0 Å². The normalized spacial score (nSPS) is 18.8. The van der Waals surface area contributed by atoms with Crippen LogP contribution < -0.4 is 10.1 Å². The molecule has 0 radical (unpaired) electrons. The van der Waals surface area contributed by atoms with E-state index in [1.807, 2.05) is 6.07 Å². The molecule has 0 bridgehead atoms. The van der Waals surface area contributed by atoms with Crippen molar-refractivity contribution in [3.63, 3.8) is 0 Å². The molecular formula is C17H25NO. The molecule has 2 heteroatoms. The molecular weight excluding hydrogens is 234 g/mol. The van der Waals surface area contributed by atoms with E-state index in [-0.39, 0.29) is 6.10 Å². The van der Waals surface area contributed by atoms with Gasteiger partial charge in [-0.25, -0.2) is 0 Å². The zero-order valence-corrected chi connectivity index (χ0v) is 12.1. The molecule has 2 nitrogen and oxygen atoms in total. The lowest BCUT2D eigenvalue weighted by Gasteiger charge is -2.18. The minimum Gasteiger partial charge on any atom is -0.491 e. The van der Waals surface area contributed by atoms with Crippen LogP contribution in [0, 0.1) is 5.92 Å². The molecule has 2 rings (SSSR count). The summed E-state index contributed by atoms with van der Waals surface area (Å²) in [5.74, 6) is 1.77. The van der Waals surface area contributed by atoms with Crippen LogP contribution in [-0.2, 0) is 6.54 Å². The first-order valence-electron chi connectivity index (χ1n) is 7.35. The van der Waals surface area contributed by atoms with Crippen LogP contribution in [0.4, 0.5) is 0 Å². The summed E-state index contributed by atoms with van der Waals surface area (Å²) in [5, 5.41) is 3.56. The summed E-state index contributed by atoms with van der Waals surface area (Å²) >= 11 is 0. The molecule has 1 aliphatic carbocycles. The summed E-state index contributed by atoms with van der Waals surface area (Å²) in [6, 6.07) is 8.38. The van der Waals surface area contributed by atoms with Gasteiger partial charge in [-0.2, -0.15) is 0 Å². The molecule has 0 aromatic heterocycles. The van der Waals surface area contributed by atoms with E-state index in [9.17, 15) is 0 Å². The number of rotatable bonds is 6. The summed E-state index contributed by atoms with van der Waals surface area (Å²) < 4.78 is 5.71. The van der Waals surface area contributed by atoms with E-state index in [1.54, 1.807) is 0 Å². The van der Waals surface area contributed by atoms with Crippen molar-refractivity contribution in [1.82, 2.24) is 5.32 Å². The fourth-order valence-electron chi connectivity index (χ4n) is 2.46. The van der Waals surface area contributed by atoms with Crippen LogP contribution >= 0.6 is 0 Å². The van der Waals surface area contributed by atoms with Crippen LogP contribution in [0.5, 0.6) is 5.75 Å². The van der Waals surface area contributed by atoms with Gasteiger partial charge in [0.25, 0.3) is 0 Å². The molecule has 1 aromatic rings.